The summed E-state index contributed by atoms with van der Waals surface area (Å²) in [5, 5.41) is 12.1. The number of nitrogens with zero attached hydrogens (tertiary/aromatic N) is 4. The van der Waals surface area contributed by atoms with Crippen molar-refractivity contribution in [2.45, 2.75) is 51.0 Å². The monoisotopic (exact) mass is 462 g/mol. The Morgan fingerprint density at radius 2 is 2.21 bits per heavy atom. The number of aromatic nitrogens is 4. The number of ether oxygens (including phenoxy) is 1. The number of nitrogens with one attached hydrogen (secondary N) is 2. The molecule has 33 heavy (non-hydrogen) atoms. The Balaban J connectivity index is 1.31. The number of hydrogen-bond donors (Lipinski definition) is 2. The molecule has 0 spiro atoms. The summed E-state index contributed by atoms with van der Waals surface area (Å²) in [4.78, 5) is 24.2. The number of rotatable bonds is 5. The molecule has 0 bridgehead atoms. The van der Waals surface area contributed by atoms with Crippen LogP contribution < -0.4 is 15.4 Å². The minimum atomic E-state index is -0.00421. The number of methoxy groups -OCH3 is 1. The average Bonchev–Trinajstić information content (AvgIpc) is 3.40. The maximum absolute atomic E-state index is 12.9. The van der Waals surface area contributed by atoms with Gasteiger partial charge in [0.25, 0.3) is 0 Å². The highest BCUT2D eigenvalue weighted by atomic mass is 32.1. The maximum atomic E-state index is 12.9. The topological polar surface area (TPSA) is 93.4 Å². The van der Waals surface area contributed by atoms with Crippen LogP contribution in [0.15, 0.2) is 30.9 Å². The van der Waals surface area contributed by atoms with E-state index in [0.29, 0.717) is 5.75 Å². The lowest BCUT2D eigenvalue weighted by molar-refractivity contribution is -0.128. The molecule has 9 heteroatoms. The fourth-order valence-electron chi connectivity index (χ4n) is 4.99. The van der Waals surface area contributed by atoms with E-state index in [1.807, 2.05) is 18.3 Å². The van der Waals surface area contributed by atoms with Gasteiger partial charge >= 0.3 is 0 Å². The van der Waals surface area contributed by atoms with Crippen molar-refractivity contribution < 1.29 is 9.53 Å². The number of carbonyl (C=O) groups excluding carboxylic acids is 1. The van der Waals surface area contributed by atoms with Gasteiger partial charge in [0.05, 0.1) is 29.9 Å². The van der Waals surface area contributed by atoms with Gasteiger partial charge in [-0.2, -0.15) is 5.10 Å². The van der Waals surface area contributed by atoms with Crippen LogP contribution in [0.25, 0.3) is 15.7 Å². The number of anilines is 2. The predicted octanol–water partition coefficient (Wildman–Crippen LogP) is 4.25. The third kappa shape index (κ3) is 3.51. The van der Waals surface area contributed by atoms with Crippen molar-refractivity contribution in [3.8, 4) is 5.75 Å². The normalized spacial score (nSPS) is 19.2. The first-order chi connectivity index (χ1) is 16.0. The molecule has 4 aromatic rings. The van der Waals surface area contributed by atoms with Crippen molar-refractivity contribution in [2.24, 2.45) is 5.92 Å². The summed E-state index contributed by atoms with van der Waals surface area (Å²) in [6, 6.07) is 3.95. The van der Waals surface area contributed by atoms with E-state index in [-0.39, 0.29) is 17.4 Å². The molecule has 1 atom stereocenters. The van der Waals surface area contributed by atoms with Crippen molar-refractivity contribution in [3.05, 3.63) is 41.3 Å². The quantitative estimate of drug-likeness (QED) is 0.460. The maximum Gasteiger partial charge on any atom is 0.223 e. The summed E-state index contributed by atoms with van der Waals surface area (Å²) in [6.07, 6.45) is 11.0. The summed E-state index contributed by atoms with van der Waals surface area (Å²) < 4.78 is 7.37. The molecule has 0 saturated heterocycles. The van der Waals surface area contributed by atoms with E-state index < -0.39 is 0 Å². The summed E-state index contributed by atoms with van der Waals surface area (Å²) in [7, 11) is 1.65. The van der Waals surface area contributed by atoms with Crippen LogP contribution in [0.2, 0.25) is 0 Å². The molecule has 170 valence electrons. The number of carbonyl (C=O) groups is 1. The van der Waals surface area contributed by atoms with E-state index >= 15 is 0 Å². The van der Waals surface area contributed by atoms with Gasteiger partial charge in [0.2, 0.25) is 5.91 Å². The van der Waals surface area contributed by atoms with Crippen LogP contribution in [0, 0.1) is 5.92 Å². The van der Waals surface area contributed by atoms with E-state index in [2.05, 4.69) is 32.6 Å². The Hall–Kier alpha value is -3.20. The molecule has 0 unspecified atom stereocenters. The Morgan fingerprint density at radius 1 is 1.33 bits per heavy atom. The van der Waals surface area contributed by atoms with Gasteiger partial charge in [-0.1, -0.05) is 0 Å². The van der Waals surface area contributed by atoms with Crippen LogP contribution in [0.4, 0.5) is 11.5 Å². The zero-order valence-corrected chi connectivity index (χ0v) is 19.5. The Morgan fingerprint density at radius 3 is 3.00 bits per heavy atom. The molecule has 2 aliphatic rings. The highest BCUT2D eigenvalue weighted by molar-refractivity contribution is 7.19. The highest BCUT2D eigenvalue weighted by Crippen LogP contribution is 2.41. The first-order valence-electron chi connectivity index (χ1n) is 11.4. The first-order valence-corrected chi connectivity index (χ1v) is 12.2. The molecule has 6 rings (SSSR count). The summed E-state index contributed by atoms with van der Waals surface area (Å²) in [5.41, 5.74) is 3.05. The van der Waals surface area contributed by atoms with Crippen molar-refractivity contribution in [2.75, 3.05) is 12.4 Å². The van der Waals surface area contributed by atoms with E-state index in [1.54, 1.807) is 35.5 Å². The third-order valence-corrected chi connectivity index (χ3v) is 8.23. The zero-order valence-electron chi connectivity index (χ0n) is 18.7. The molecule has 1 fully saturated rings. The van der Waals surface area contributed by atoms with Crippen LogP contribution in [0.5, 0.6) is 5.75 Å². The van der Waals surface area contributed by atoms with Crippen LogP contribution in [0.3, 0.4) is 0 Å². The smallest absolute Gasteiger partial charge is 0.223 e. The van der Waals surface area contributed by atoms with Crippen molar-refractivity contribution in [1.29, 1.82) is 0 Å². The lowest BCUT2D eigenvalue weighted by Gasteiger charge is -2.40. The molecule has 1 amide bonds. The molecule has 8 nitrogen and oxygen atoms in total. The van der Waals surface area contributed by atoms with E-state index in [9.17, 15) is 4.79 Å². The number of pyridine rings is 1. The first kappa shape index (κ1) is 20.4. The van der Waals surface area contributed by atoms with Gasteiger partial charge in [0, 0.05) is 22.5 Å². The third-order valence-electron chi connectivity index (χ3n) is 7.07. The molecule has 0 aliphatic heterocycles. The minimum Gasteiger partial charge on any atom is -0.493 e. The van der Waals surface area contributed by atoms with Crippen molar-refractivity contribution >= 4 is 44.5 Å². The molecule has 0 radical (unpaired) electrons. The number of fused-ring (bicyclic) bond motifs is 4. The number of aryl methyl sites for hydroxylation is 1. The second-order valence-electron chi connectivity index (χ2n) is 9.33. The SMILES string of the molecule is COc1cn2nccc2cc1Nc1ncnc2sc3c(c12)CC[C@H](C(=O)NC1(C)CCC1)C3. The second-order valence-corrected chi connectivity index (χ2v) is 10.4. The fourth-order valence-corrected chi connectivity index (χ4v) is 6.26. The largest absolute Gasteiger partial charge is 0.493 e. The molecule has 4 heterocycles. The van der Waals surface area contributed by atoms with Crippen molar-refractivity contribution in [1.82, 2.24) is 24.9 Å². The summed E-state index contributed by atoms with van der Waals surface area (Å²) >= 11 is 1.68. The predicted molar refractivity (Wildman–Crippen MR) is 128 cm³/mol. The minimum absolute atomic E-state index is 0.00421. The van der Waals surface area contributed by atoms with Gasteiger partial charge in [-0.25, -0.2) is 14.5 Å². The van der Waals surface area contributed by atoms with Gasteiger partial charge < -0.3 is 15.4 Å². The number of hydrogen-bond acceptors (Lipinski definition) is 7. The standard InChI is InChI=1S/C24H26N6O2S/c1-24(7-3-8-24)29-22(31)14-4-5-16-19(10-14)33-23-20(16)21(25-13-26-23)28-17-11-15-6-9-27-30(15)12-18(17)32-2/h6,9,11-14H,3-5,7-8,10H2,1-2H3,(H,29,31)(H,25,26,28)/t14-/m0/s1. The average molecular weight is 463 g/mol. The lowest BCUT2D eigenvalue weighted by Crippen LogP contribution is -2.53. The number of thiophene rings is 1. The summed E-state index contributed by atoms with van der Waals surface area (Å²) in [6.45, 7) is 2.16. The van der Waals surface area contributed by atoms with Crippen molar-refractivity contribution in [3.63, 3.8) is 0 Å². The fraction of sp³-hybridized carbons (Fsp3) is 0.417. The van der Waals surface area contributed by atoms with Gasteiger partial charge in [-0.15, -0.1) is 11.3 Å². The molecule has 4 aromatic heterocycles. The van der Waals surface area contributed by atoms with E-state index in [4.69, 9.17) is 4.74 Å². The van der Waals surface area contributed by atoms with E-state index in [0.717, 1.165) is 59.3 Å². The van der Waals surface area contributed by atoms with Crippen LogP contribution in [0.1, 0.15) is 43.0 Å². The Bertz CT molecular complexity index is 1370. The Labute approximate surface area is 195 Å². The van der Waals surface area contributed by atoms with Crippen LogP contribution >= 0.6 is 11.3 Å². The van der Waals surface area contributed by atoms with Gasteiger partial charge in [-0.3, -0.25) is 4.79 Å². The molecular weight excluding hydrogens is 436 g/mol. The summed E-state index contributed by atoms with van der Waals surface area (Å²) in [5.74, 6) is 1.67. The molecule has 2 aliphatic carbocycles. The van der Waals surface area contributed by atoms with Crippen LogP contribution in [-0.2, 0) is 17.6 Å². The van der Waals surface area contributed by atoms with Gasteiger partial charge in [-0.05, 0) is 63.1 Å². The van der Waals surface area contributed by atoms with Crippen LogP contribution in [-0.4, -0.2) is 38.1 Å². The molecule has 1 saturated carbocycles. The zero-order chi connectivity index (χ0) is 22.6. The molecule has 2 N–H and O–H groups in total. The molecule has 0 aromatic carbocycles. The highest BCUT2D eigenvalue weighted by Gasteiger charge is 2.36. The number of amides is 1. The van der Waals surface area contributed by atoms with Gasteiger partial charge in [0.1, 0.15) is 17.0 Å². The lowest BCUT2D eigenvalue weighted by atomic mass is 9.77. The Kier molecular flexibility index (Phi) is 4.76. The van der Waals surface area contributed by atoms with Gasteiger partial charge in [0.15, 0.2) is 5.75 Å². The second kappa shape index (κ2) is 7.69. The molecular formula is C24H26N6O2S. The van der Waals surface area contributed by atoms with E-state index in [1.165, 1.54) is 16.9 Å².